The molecule has 4 rings (SSSR count). The molecule has 170 valence electrons. The molecule has 7 heteroatoms. The van der Waals surface area contributed by atoms with Gasteiger partial charge in [-0.2, -0.15) is 0 Å². The van der Waals surface area contributed by atoms with E-state index in [-0.39, 0.29) is 23.8 Å². The third-order valence-corrected chi connectivity index (χ3v) is 7.25. The first-order chi connectivity index (χ1) is 15.1. The van der Waals surface area contributed by atoms with Gasteiger partial charge in [0.1, 0.15) is 0 Å². The van der Waals surface area contributed by atoms with Gasteiger partial charge >= 0.3 is 0 Å². The molecule has 3 saturated heterocycles. The van der Waals surface area contributed by atoms with Crippen LogP contribution in [0, 0.1) is 17.8 Å². The van der Waals surface area contributed by atoms with Crippen LogP contribution >= 0.6 is 0 Å². The summed E-state index contributed by atoms with van der Waals surface area (Å²) in [6.45, 7) is 4.49. The molecule has 1 unspecified atom stereocenters. The third-order valence-electron chi connectivity index (χ3n) is 7.25. The Balaban J connectivity index is 1.26. The zero-order valence-corrected chi connectivity index (χ0v) is 18.6. The molecule has 0 aliphatic carbocycles. The van der Waals surface area contributed by atoms with E-state index in [2.05, 4.69) is 4.98 Å². The first kappa shape index (κ1) is 22.2. The van der Waals surface area contributed by atoms with Crippen LogP contribution in [0.1, 0.15) is 37.7 Å². The minimum Gasteiger partial charge on any atom is -0.381 e. The lowest BCUT2D eigenvalue weighted by atomic mass is 9.83. The van der Waals surface area contributed by atoms with Gasteiger partial charge in [0.15, 0.2) is 0 Å². The summed E-state index contributed by atoms with van der Waals surface area (Å²) in [6.07, 6.45) is 8.27. The second kappa shape index (κ2) is 10.6. The Kier molecular flexibility index (Phi) is 7.56. The lowest BCUT2D eigenvalue weighted by Gasteiger charge is -2.37. The number of amides is 2. The lowest BCUT2D eigenvalue weighted by molar-refractivity contribution is -0.135. The van der Waals surface area contributed by atoms with Crippen molar-refractivity contribution in [2.75, 3.05) is 46.5 Å². The van der Waals surface area contributed by atoms with Crippen molar-refractivity contribution in [2.24, 2.45) is 17.8 Å². The standard InChI is InChI=1S/C24H35N3O4/c1-26(10-4-18-2-8-25-9-3-18)23(28)15-22-21-16-27(11-5-20(21)17-31-22)24(29)14-19-6-12-30-13-7-19/h2-3,8-9,19-22H,4-7,10-17H2,1H3/t20-,21-,22?/m1/s1. The molecular weight excluding hydrogens is 394 g/mol. The predicted molar refractivity (Wildman–Crippen MR) is 116 cm³/mol. The van der Waals surface area contributed by atoms with E-state index in [4.69, 9.17) is 9.47 Å². The number of carbonyl (C=O) groups excluding carboxylic acids is 2. The van der Waals surface area contributed by atoms with Crippen LogP contribution in [-0.4, -0.2) is 79.2 Å². The van der Waals surface area contributed by atoms with E-state index in [9.17, 15) is 9.59 Å². The number of piperidine rings is 1. The minimum absolute atomic E-state index is 0.0837. The Morgan fingerprint density at radius 2 is 1.94 bits per heavy atom. The van der Waals surface area contributed by atoms with Crippen molar-refractivity contribution >= 4 is 11.8 Å². The van der Waals surface area contributed by atoms with E-state index in [0.29, 0.717) is 37.8 Å². The molecule has 0 bridgehead atoms. The summed E-state index contributed by atoms with van der Waals surface area (Å²) in [6, 6.07) is 3.97. The van der Waals surface area contributed by atoms with E-state index in [0.717, 1.165) is 52.0 Å². The average Bonchev–Trinajstić information content (AvgIpc) is 3.20. The van der Waals surface area contributed by atoms with Gasteiger partial charge < -0.3 is 19.3 Å². The molecular formula is C24H35N3O4. The molecule has 7 nitrogen and oxygen atoms in total. The quantitative estimate of drug-likeness (QED) is 0.664. The zero-order chi connectivity index (χ0) is 21.6. The van der Waals surface area contributed by atoms with Crippen LogP contribution in [0.25, 0.3) is 0 Å². The number of likely N-dealkylation sites (N-methyl/N-ethyl adjacent to an activating group) is 1. The van der Waals surface area contributed by atoms with E-state index < -0.39 is 0 Å². The van der Waals surface area contributed by atoms with Gasteiger partial charge in [-0.3, -0.25) is 14.6 Å². The largest absolute Gasteiger partial charge is 0.381 e. The van der Waals surface area contributed by atoms with Gasteiger partial charge in [0.2, 0.25) is 11.8 Å². The summed E-state index contributed by atoms with van der Waals surface area (Å²) < 4.78 is 11.5. The van der Waals surface area contributed by atoms with Crippen molar-refractivity contribution in [3.63, 3.8) is 0 Å². The maximum absolute atomic E-state index is 12.9. The molecule has 0 N–H and O–H groups in total. The summed E-state index contributed by atoms with van der Waals surface area (Å²) >= 11 is 0. The summed E-state index contributed by atoms with van der Waals surface area (Å²) in [5.74, 6) is 1.56. The van der Waals surface area contributed by atoms with Crippen LogP contribution in [0.4, 0.5) is 0 Å². The minimum atomic E-state index is -0.0837. The van der Waals surface area contributed by atoms with Crippen molar-refractivity contribution < 1.29 is 19.1 Å². The maximum atomic E-state index is 12.9. The van der Waals surface area contributed by atoms with Crippen molar-refractivity contribution in [2.45, 2.75) is 44.6 Å². The molecule has 1 aromatic heterocycles. The number of hydrogen-bond donors (Lipinski definition) is 0. The molecule has 3 atom stereocenters. The summed E-state index contributed by atoms with van der Waals surface area (Å²) in [7, 11) is 1.86. The summed E-state index contributed by atoms with van der Waals surface area (Å²) in [4.78, 5) is 33.5. The smallest absolute Gasteiger partial charge is 0.224 e. The lowest BCUT2D eigenvalue weighted by Crippen LogP contribution is -2.46. The molecule has 0 spiro atoms. The fourth-order valence-corrected chi connectivity index (χ4v) is 5.09. The molecule has 0 radical (unpaired) electrons. The van der Waals surface area contributed by atoms with Gasteiger partial charge in [-0.25, -0.2) is 0 Å². The van der Waals surface area contributed by atoms with Gasteiger partial charge in [-0.15, -0.1) is 0 Å². The number of likely N-dealkylation sites (tertiary alicyclic amines) is 1. The zero-order valence-electron chi connectivity index (χ0n) is 18.6. The Morgan fingerprint density at radius 1 is 1.16 bits per heavy atom. The third kappa shape index (κ3) is 5.83. The highest BCUT2D eigenvalue weighted by Gasteiger charge is 2.43. The van der Waals surface area contributed by atoms with Crippen molar-refractivity contribution in [1.82, 2.24) is 14.8 Å². The van der Waals surface area contributed by atoms with Crippen molar-refractivity contribution in [3.05, 3.63) is 30.1 Å². The Morgan fingerprint density at radius 3 is 2.71 bits per heavy atom. The molecule has 2 amide bonds. The number of aromatic nitrogens is 1. The first-order valence-corrected chi connectivity index (χ1v) is 11.7. The van der Waals surface area contributed by atoms with Crippen molar-refractivity contribution in [1.29, 1.82) is 0 Å². The molecule has 3 aliphatic rings. The second-order valence-electron chi connectivity index (χ2n) is 9.31. The number of rotatable bonds is 7. The number of pyridine rings is 1. The second-order valence-corrected chi connectivity index (χ2v) is 9.31. The highest BCUT2D eigenvalue weighted by molar-refractivity contribution is 5.77. The molecule has 3 fully saturated rings. The highest BCUT2D eigenvalue weighted by Crippen LogP contribution is 2.36. The fourth-order valence-electron chi connectivity index (χ4n) is 5.09. The summed E-state index contributed by atoms with van der Waals surface area (Å²) in [5, 5.41) is 0. The summed E-state index contributed by atoms with van der Waals surface area (Å²) in [5.41, 5.74) is 1.18. The number of ether oxygens (including phenoxy) is 2. The molecule has 3 aliphatic heterocycles. The predicted octanol–water partition coefficient (Wildman–Crippen LogP) is 2.15. The number of nitrogens with zero attached hydrogens (tertiary/aromatic N) is 3. The number of fused-ring (bicyclic) bond motifs is 1. The van der Waals surface area contributed by atoms with Crippen LogP contribution < -0.4 is 0 Å². The van der Waals surface area contributed by atoms with Gasteiger partial charge in [-0.1, -0.05) is 0 Å². The highest BCUT2D eigenvalue weighted by atomic mass is 16.5. The Labute approximate surface area is 185 Å². The van der Waals surface area contributed by atoms with E-state index in [1.807, 2.05) is 24.1 Å². The molecule has 0 aromatic carbocycles. The van der Waals surface area contributed by atoms with E-state index in [1.54, 1.807) is 17.3 Å². The normalized spacial score (nSPS) is 26.5. The van der Waals surface area contributed by atoms with Crippen LogP contribution in [-0.2, 0) is 25.5 Å². The molecule has 1 aromatic rings. The van der Waals surface area contributed by atoms with Crippen LogP contribution in [0.3, 0.4) is 0 Å². The van der Waals surface area contributed by atoms with Crippen LogP contribution in [0.15, 0.2) is 24.5 Å². The fraction of sp³-hybridized carbons (Fsp3) is 0.708. The van der Waals surface area contributed by atoms with Gasteiger partial charge in [-0.05, 0) is 55.2 Å². The van der Waals surface area contributed by atoms with Gasteiger partial charge in [0.05, 0.1) is 19.1 Å². The Hall–Kier alpha value is -1.99. The number of carbonyl (C=O) groups is 2. The van der Waals surface area contributed by atoms with Crippen LogP contribution in [0.5, 0.6) is 0 Å². The SMILES string of the molecule is CN(CCc1ccncc1)C(=O)CC1OC[C@H]2CCN(C(=O)CC3CCOCC3)C[C@@H]12. The number of hydrogen-bond acceptors (Lipinski definition) is 5. The molecule has 31 heavy (non-hydrogen) atoms. The van der Waals surface area contributed by atoms with Gasteiger partial charge in [0.25, 0.3) is 0 Å². The van der Waals surface area contributed by atoms with Crippen LogP contribution in [0.2, 0.25) is 0 Å². The topological polar surface area (TPSA) is 72.0 Å². The van der Waals surface area contributed by atoms with E-state index >= 15 is 0 Å². The molecule has 0 saturated carbocycles. The average molecular weight is 430 g/mol. The van der Waals surface area contributed by atoms with Gasteiger partial charge in [0, 0.05) is 64.6 Å². The monoisotopic (exact) mass is 429 g/mol. The first-order valence-electron chi connectivity index (χ1n) is 11.7. The van der Waals surface area contributed by atoms with E-state index in [1.165, 1.54) is 5.56 Å². The Bertz CT molecular complexity index is 738. The van der Waals surface area contributed by atoms with Crippen molar-refractivity contribution in [3.8, 4) is 0 Å². The maximum Gasteiger partial charge on any atom is 0.224 e. The molecule has 4 heterocycles.